The van der Waals surface area contributed by atoms with E-state index in [4.69, 9.17) is 5.11 Å². The van der Waals surface area contributed by atoms with Gasteiger partial charge in [0.15, 0.2) is 11.6 Å². The van der Waals surface area contributed by atoms with Gasteiger partial charge < -0.3 is 10.2 Å². The lowest BCUT2D eigenvalue weighted by atomic mass is 9.47. The lowest BCUT2D eigenvalue weighted by Crippen LogP contribution is -2.49. The molecule has 0 heterocycles. The number of aliphatic hydroxyl groups is 1. The number of thioether (sulfide) groups is 1. The number of allylic oxidation sites excluding steroid dienone is 1. The van der Waals surface area contributed by atoms with Crippen LogP contribution in [0.3, 0.4) is 0 Å². The Kier molecular flexibility index (Phi) is 5.72. The summed E-state index contributed by atoms with van der Waals surface area (Å²) in [5, 5.41) is 20.1. The highest BCUT2D eigenvalue weighted by Gasteiger charge is 2.62. The molecule has 6 atom stereocenters. The fraction of sp³-hybridized carbons (Fsp3) is 0.792. The lowest BCUT2D eigenvalue weighted by molar-refractivity contribution is -0.136. The molecule has 4 aliphatic carbocycles. The molecule has 0 radical (unpaired) electrons. The minimum absolute atomic E-state index is 0.0145. The molecule has 30 heavy (non-hydrogen) atoms. The minimum atomic E-state index is -1.27. The second kappa shape index (κ2) is 7.77. The van der Waals surface area contributed by atoms with Gasteiger partial charge in [0.2, 0.25) is 0 Å². The predicted molar refractivity (Wildman–Crippen MR) is 116 cm³/mol. The molecule has 5 nitrogen and oxygen atoms in total. The third-order valence-corrected chi connectivity index (χ3v) is 9.91. The van der Waals surface area contributed by atoms with Crippen LogP contribution >= 0.6 is 11.8 Å². The average Bonchev–Trinajstić information content (AvgIpc) is 2.97. The van der Waals surface area contributed by atoms with Crippen molar-refractivity contribution in [1.29, 1.82) is 0 Å². The largest absolute Gasteiger partial charge is 0.481 e. The number of ketones is 2. The Balaban J connectivity index is 1.49. The predicted octanol–water partition coefficient (Wildman–Crippen LogP) is 4.03. The molecule has 3 fully saturated rings. The Hall–Kier alpha value is -1.14. The molecular formula is C24H34O5S. The smallest absolute Gasteiger partial charge is 0.304 e. The summed E-state index contributed by atoms with van der Waals surface area (Å²) in [6, 6.07) is 0. The van der Waals surface area contributed by atoms with Gasteiger partial charge in [0, 0.05) is 12.2 Å². The average molecular weight is 435 g/mol. The Morgan fingerprint density at radius 2 is 1.93 bits per heavy atom. The first-order valence-electron chi connectivity index (χ1n) is 11.4. The molecule has 0 aromatic heterocycles. The topological polar surface area (TPSA) is 91.7 Å². The fourth-order valence-corrected chi connectivity index (χ4v) is 8.26. The molecule has 0 amide bonds. The molecule has 4 rings (SSSR count). The first-order chi connectivity index (χ1) is 14.1. The quantitative estimate of drug-likeness (QED) is 0.614. The highest BCUT2D eigenvalue weighted by molar-refractivity contribution is 7.99. The van der Waals surface area contributed by atoms with Crippen molar-refractivity contribution in [2.24, 2.45) is 28.6 Å². The van der Waals surface area contributed by atoms with E-state index < -0.39 is 11.6 Å². The van der Waals surface area contributed by atoms with E-state index in [1.165, 1.54) is 17.3 Å². The number of hydrogen-bond acceptors (Lipinski definition) is 5. The maximum Gasteiger partial charge on any atom is 0.304 e. The molecule has 2 N–H and O–H groups in total. The Morgan fingerprint density at radius 3 is 2.67 bits per heavy atom. The van der Waals surface area contributed by atoms with Crippen LogP contribution in [0.4, 0.5) is 0 Å². The summed E-state index contributed by atoms with van der Waals surface area (Å²) in [6.45, 7) is 4.60. The lowest BCUT2D eigenvalue weighted by Gasteiger charge is -2.57. The third kappa shape index (κ3) is 3.68. The van der Waals surface area contributed by atoms with Crippen molar-refractivity contribution < 1.29 is 24.6 Å². The van der Waals surface area contributed by atoms with E-state index in [9.17, 15) is 19.5 Å². The molecule has 3 saturated carbocycles. The highest BCUT2D eigenvalue weighted by Crippen LogP contribution is 2.66. The van der Waals surface area contributed by atoms with Crippen molar-refractivity contribution in [3.63, 3.8) is 0 Å². The zero-order valence-electron chi connectivity index (χ0n) is 18.1. The van der Waals surface area contributed by atoms with Crippen LogP contribution < -0.4 is 0 Å². The molecule has 0 bridgehead atoms. The monoisotopic (exact) mass is 434 g/mol. The number of carbonyl (C=O) groups is 3. The zero-order chi connectivity index (χ0) is 21.7. The summed E-state index contributed by atoms with van der Waals surface area (Å²) in [5.74, 6) is 1.24. The van der Waals surface area contributed by atoms with Crippen LogP contribution in [-0.4, -0.2) is 44.9 Å². The summed E-state index contributed by atoms with van der Waals surface area (Å²) in [5.41, 5.74) is 0.140. The number of hydrogen-bond donors (Lipinski definition) is 2. The van der Waals surface area contributed by atoms with Gasteiger partial charge in [-0.25, -0.2) is 0 Å². The van der Waals surface area contributed by atoms with E-state index in [1.54, 1.807) is 0 Å². The van der Waals surface area contributed by atoms with Gasteiger partial charge in [0.05, 0.1) is 12.2 Å². The molecule has 0 aromatic rings. The van der Waals surface area contributed by atoms with Crippen LogP contribution in [0.1, 0.15) is 71.6 Å². The van der Waals surface area contributed by atoms with Gasteiger partial charge in [-0.2, -0.15) is 11.8 Å². The summed E-state index contributed by atoms with van der Waals surface area (Å²) >= 11 is 1.31. The molecule has 0 saturated heterocycles. The number of Topliss-reactive ketones (excluding diaryl/α,β-unsaturated/α-hetero) is 1. The SMILES string of the molecule is C[C@]12CC[C@@H]3[C@@H](CCC4=CC(=O)CC[C@@]43C)[C@@H]1C[C@](O)(C(=O)CSCCC(=O)O)C2. The third-order valence-electron chi connectivity index (χ3n) is 8.95. The van der Waals surface area contributed by atoms with Crippen LogP contribution in [0.2, 0.25) is 0 Å². The molecule has 0 aromatic carbocycles. The molecule has 0 spiro atoms. The van der Waals surface area contributed by atoms with E-state index in [0.29, 0.717) is 42.8 Å². The molecule has 0 aliphatic heterocycles. The Labute approximate surface area is 183 Å². The van der Waals surface area contributed by atoms with Crippen molar-refractivity contribution in [3.05, 3.63) is 11.6 Å². The van der Waals surface area contributed by atoms with Crippen molar-refractivity contribution in [2.45, 2.75) is 77.2 Å². The number of carbonyl (C=O) groups excluding carboxylic acids is 2. The molecule has 0 unspecified atom stereocenters. The standard InChI is InChI=1S/C24H34O5S/c1-22-8-6-18-17(4-3-15-11-16(25)5-9-23(15,18)2)19(22)12-24(29,14-22)20(26)13-30-10-7-21(27)28/h11,17-19,29H,3-10,12-14H2,1-2H3,(H,27,28)/t17-,18-,19+,22-,23+,24-/m1/s1. The van der Waals surface area contributed by atoms with Crippen LogP contribution in [0, 0.1) is 28.6 Å². The zero-order valence-corrected chi connectivity index (χ0v) is 18.9. The van der Waals surface area contributed by atoms with Crippen molar-refractivity contribution in [3.8, 4) is 0 Å². The number of carboxylic acid groups (broad SMARTS) is 1. The summed E-state index contributed by atoms with van der Waals surface area (Å²) < 4.78 is 0. The molecular weight excluding hydrogens is 400 g/mol. The van der Waals surface area contributed by atoms with Gasteiger partial charge in [0.25, 0.3) is 0 Å². The van der Waals surface area contributed by atoms with Crippen molar-refractivity contribution in [2.75, 3.05) is 11.5 Å². The number of aliphatic carboxylic acids is 1. The normalized spacial score (nSPS) is 42.7. The summed E-state index contributed by atoms with van der Waals surface area (Å²) in [6.07, 6.45) is 8.75. The van der Waals surface area contributed by atoms with Gasteiger partial charge in [-0.3, -0.25) is 14.4 Å². The van der Waals surface area contributed by atoms with Crippen molar-refractivity contribution >= 4 is 29.3 Å². The Morgan fingerprint density at radius 1 is 1.17 bits per heavy atom. The minimum Gasteiger partial charge on any atom is -0.481 e. The van der Waals surface area contributed by atoms with Crippen LogP contribution in [0.15, 0.2) is 11.6 Å². The number of rotatable bonds is 6. The van der Waals surface area contributed by atoms with Gasteiger partial charge in [0.1, 0.15) is 5.60 Å². The molecule has 166 valence electrons. The second-order valence-electron chi connectivity index (χ2n) is 10.7. The van der Waals surface area contributed by atoms with Gasteiger partial charge >= 0.3 is 5.97 Å². The van der Waals surface area contributed by atoms with Crippen molar-refractivity contribution in [1.82, 2.24) is 0 Å². The van der Waals surface area contributed by atoms with E-state index in [2.05, 4.69) is 13.8 Å². The summed E-state index contributed by atoms with van der Waals surface area (Å²) in [7, 11) is 0. The molecule has 4 aliphatic rings. The second-order valence-corrected chi connectivity index (χ2v) is 11.8. The Bertz CT molecular complexity index is 790. The number of fused-ring (bicyclic) bond motifs is 5. The maximum atomic E-state index is 12.9. The van der Waals surface area contributed by atoms with Crippen LogP contribution in [0.25, 0.3) is 0 Å². The summed E-state index contributed by atoms with van der Waals surface area (Å²) in [4.78, 5) is 35.6. The van der Waals surface area contributed by atoms with E-state index in [-0.39, 0.29) is 34.6 Å². The van der Waals surface area contributed by atoms with Gasteiger partial charge in [-0.1, -0.05) is 19.4 Å². The van der Waals surface area contributed by atoms with Crippen LogP contribution in [-0.2, 0) is 14.4 Å². The first kappa shape index (κ1) is 22.1. The van der Waals surface area contributed by atoms with Gasteiger partial charge in [-0.05, 0) is 79.6 Å². The highest BCUT2D eigenvalue weighted by atomic mass is 32.2. The first-order valence-corrected chi connectivity index (χ1v) is 12.5. The van der Waals surface area contributed by atoms with E-state index >= 15 is 0 Å². The van der Waals surface area contributed by atoms with E-state index in [0.717, 1.165) is 32.1 Å². The number of carboxylic acids is 1. The van der Waals surface area contributed by atoms with E-state index in [1.807, 2.05) is 6.08 Å². The molecule has 6 heteroatoms. The van der Waals surface area contributed by atoms with Gasteiger partial charge in [-0.15, -0.1) is 0 Å². The fourth-order valence-electron chi connectivity index (χ4n) is 7.35. The van der Waals surface area contributed by atoms with Crippen LogP contribution in [0.5, 0.6) is 0 Å². The maximum absolute atomic E-state index is 12.9.